The van der Waals surface area contributed by atoms with Crippen LogP contribution in [0.2, 0.25) is 0 Å². The molecule has 2 fully saturated rings. The molecule has 2 heterocycles. The highest BCUT2D eigenvalue weighted by molar-refractivity contribution is 5.89. The maximum atomic E-state index is 12.1. The van der Waals surface area contributed by atoms with Crippen molar-refractivity contribution in [3.8, 4) is 0 Å². The summed E-state index contributed by atoms with van der Waals surface area (Å²) in [6.45, 7) is 6.96. The van der Waals surface area contributed by atoms with Crippen molar-refractivity contribution in [3.63, 3.8) is 0 Å². The van der Waals surface area contributed by atoms with Gasteiger partial charge in [-0.1, -0.05) is 0 Å². The third kappa shape index (κ3) is 3.95. The lowest BCUT2D eigenvalue weighted by atomic mass is 9.96. The Morgan fingerprint density at radius 3 is 2.70 bits per heavy atom. The van der Waals surface area contributed by atoms with E-state index in [2.05, 4.69) is 5.32 Å². The van der Waals surface area contributed by atoms with Gasteiger partial charge in [-0.15, -0.1) is 0 Å². The van der Waals surface area contributed by atoms with Gasteiger partial charge in [-0.3, -0.25) is 9.59 Å². The molecule has 0 bridgehead atoms. The van der Waals surface area contributed by atoms with Gasteiger partial charge >= 0.3 is 0 Å². The molecule has 0 saturated carbocycles. The van der Waals surface area contributed by atoms with Gasteiger partial charge < -0.3 is 15.0 Å². The van der Waals surface area contributed by atoms with Gasteiger partial charge in [0.15, 0.2) is 0 Å². The van der Waals surface area contributed by atoms with Crippen molar-refractivity contribution < 1.29 is 14.3 Å². The predicted molar refractivity (Wildman–Crippen MR) is 76.1 cm³/mol. The number of nitrogens with one attached hydrogen (secondary N) is 1. The van der Waals surface area contributed by atoms with Gasteiger partial charge in [0.1, 0.15) is 0 Å². The maximum Gasteiger partial charge on any atom is 0.225 e. The second kappa shape index (κ2) is 7.07. The van der Waals surface area contributed by atoms with E-state index in [4.69, 9.17) is 4.74 Å². The summed E-state index contributed by atoms with van der Waals surface area (Å²) in [6.07, 6.45) is 3.57. The molecule has 1 N–H and O–H groups in total. The maximum absolute atomic E-state index is 12.1. The molecule has 1 unspecified atom stereocenters. The van der Waals surface area contributed by atoms with E-state index in [0.717, 1.165) is 39.0 Å². The molecule has 2 aliphatic rings. The minimum atomic E-state index is -0.167. The molecule has 5 nitrogen and oxygen atoms in total. The molecule has 2 aliphatic heterocycles. The van der Waals surface area contributed by atoms with Gasteiger partial charge in [0.05, 0.1) is 5.92 Å². The molecule has 0 spiro atoms. The number of hydrogen-bond acceptors (Lipinski definition) is 3. The van der Waals surface area contributed by atoms with Crippen LogP contribution in [0.25, 0.3) is 0 Å². The Morgan fingerprint density at radius 1 is 1.40 bits per heavy atom. The third-order valence-electron chi connectivity index (χ3n) is 4.35. The van der Waals surface area contributed by atoms with Crippen LogP contribution in [0, 0.1) is 11.8 Å². The van der Waals surface area contributed by atoms with Gasteiger partial charge in [-0.05, 0) is 39.0 Å². The number of nitrogens with zero attached hydrogens (tertiary/aromatic N) is 1. The van der Waals surface area contributed by atoms with Crippen molar-refractivity contribution >= 4 is 11.8 Å². The fraction of sp³-hybridized carbons (Fsp3) is 0.867. The SMILES string of the molecule is CC(C)N1CC(C(=O)NCCC2CCOCC2)CC1=O. The summed E-state index contributed by atoms with van der Waals surface area (Å²) in [6, 6.07) is 0.183. The highest BCUT2D eigenvalue weighted by Gasteiger charge is 2.35. The first kappa shape index (κ1) is 15.3. The Kier molecular flexibility index (Phi) is 5.40. The number of rotatable bonds is 5. The predicted octanol–water partition coefficient (Wildman–Crippen LogP) is 1.18. The number of carbonyl (C=O) groups is 2. The first-order valence-corrected chi connectivity index (χ1v) is 7.73. The van der Waals surface area contributed by atoms with E-state index in [0.29, 0.717) is 18.9 Å². The van der Waals surface area contributed by atoms with Crippen LogP contribution in [-0.2, 0) is 14.3 Å². The standard InChI is InChI=1S/C15H26N2O3/c1-11(2)17-10-13(9-14(17)18)15(19)16-6-3-12-4-7-20-8-5-12/h11-13H,3-10H2,1-2H3,(H,16,19). The van der Waals surface area contributed by atoms with Gasteiger partial charge in [-0.25, -0.2) is 0 Å². The highest BCUT2D eigenvalue weighted by Crippen LogP contribution is 2.21. The van der Waals surface area contributed by atoms with Crippen molar-refractivity contribution in [3.05, 3.63) is 0 Å². The number of amides is 2. The minimum Gasteiger partial charge on any atom is -0.381 e. The Morgan fingerprint density at radius 2 is 2.10 bits per heavy atom. The molecular weight excluding hydrogens is 256 g/mol. The van der Waals surface area contributed by atoms with E-state index in [1.807, 2.05) is 13.8 Å². The van der Waals surface area contributed by atoms with Crippen LogP contribution in [0.4, 0.5) is 0 Å². The van der Waals surface area contributed by atoms with Crippen molar-refractivity contribution in [2.75, 3.05) is 26.3 Å². The lowest BCUT2D eigenvalue weighted by molar-refractivity contribution is -0.129. The van der Waals surface area contributed by atoms with Crippen LogP contribution in [0.3, 0.4) is 0 Å². The van der Waals surface area contributed by atoms with E-state index in [9.17, 15) is 9.59 Å². The Hall–Kier alpha value is -1.10. The summed E-state index contributed by atoms with van der Waals surface area (Å²) in [5.41, 5.74) is 0. The summed E-state index contributed by atoms with van der Waals surface area (Å²) in [7, 11) is 0. The van der Waals surface area contributed by atoms with Crippen LogP contribution in [0.5, 0.6) is 0 Å². The zero-order chi connectivity index (χ0) is 14.5. The lowest BCUT2D eigenvalue weighted by Crippen LogP contribution is -2.36. The van der Waals surface area contributed by atoms with Crippen molar-refractivity contribution in [1.29, 1.82) is 0 Å². The van der Waals surface area contributed by atoms with E-state index in [1.165, 1.54) is 0 Å². The van der Waals surface area contributed by atoms with E-state index in [-0.39, 0.29) is 23.8 Å². The van der Waals surface area contributed by atoms with Gasteiger partial charge in [0, 0.05) is 38.8 Å². The zero-order valence-corrected chi connectivity index (χ0v) is 12.6. The summed E-state index contributed by atoms with van der Waals surface area (Å²) in [5.74, 6) is 0.638. The van der Waals surface area contributed by atoms with Gasteiger partial charge in [0.2, 0.25) is 11.8 Å². The van der Waals surface area contributed by atoms with Crippen LogP contribution >= 0.6 is 0 Å². The summed E-state index contributed by atoms with van der Waals surface area (Å²) in [5, 5.41) is 2.99. The highest BCUT2D eigenvalue weighted by atomic mass is 16.5. The average Bonchev–Trinajstić information content (AvgIpc) is 2.82. The lowest BCUT2D eigenvalue weighted by Gasteiger charge is -2.22. The number of ether oxygens (including phenoxy) is 1. The molecular formula is C15H26N2O3. The van der Waals surface area contributed by atoms with Crippen molar-refractivity contribution in [2.24, 2.45) is 11.8 Å². The second-order valence-corrected chi connectivity index (χ2v) is 6.18. The van der Waals surface area contributed by atoms with Crippen LogP contribution < -0.4 is 5.32 Å². The smallest absolute Gasteiger partial charge is 0.225 e. The van der Waals surface area contributed by atoms with E-state index in [1.54, 1.807) is 4.90 Å². The minimum absolute atomic E-state index is 0.0357. The Labute approximate surface area is 121 Å². The molecule has 2 saturated heterocycles. The number of likely N-dealkylation sites (tertiary alicyclic amines) is 1. The fourth-order valence-corrected chi connectivity index (χ4v) is 2.99. The molecule has 0 aromatic rings. The molecule has 0 aliphatic carbocycles. The Bertz CT molecular complexity index is 351. The first-order valence-electron chi connectivity index (χ1n) is 7.73. The average molecular weight is 282 g/mol. The second-order valence-electron chi connectivity index (χ2n) is 6.18. The first-order chi connectivity index (χ1) is 9.58. The molecule has 0 aromatic heterocycles. The van der Waals surface area contributed by atoms with Crippen molar-refractivity contribution in [1.82, 2.24) is 10.2 Å². The molecule has 114 valence electrons. The van der Waals surface area contributed by atoms with Crippen LogP contribution in [0.15, 0.2) is 0 Å². The summed E-state index contributed by atoms with van der Waals surface area (Å²) < 4.78 is 5.32. The van der Waals surface area contributed by atoms with E-state index >= 15 is 0 Å². The zero-order valence-electron chi connectivity index (χ0n) is 12.6. The molecule has 2 amide bonds. The van der Waals surface area contributed by atoms with Crippen molar-refractivity contribution in [2.45, 2.75) is 45.6 Å². The van der Waals surface area contributed by atoms with Gasteiger partial charge in [-0.2, -0.15) is 0 Å². The largest absolute Gasteiger partial charge is 0.381 e. The quantitative estimate of drug-likeness (QED) is 0.823. The summed E-state index contributed by atoms with van der Waals surface area (Å²) in [4.78, 5) is 25.7. The van der Waals surface area contributed by atoms with Crippen LogP contribution in [-0.4, -0.2) is 49.1 Å². The van der Waals surface area contributed by atoms with Gasteiger partial charge in [0.25, 0.3) is 0 Å². The number of carbonyl (C=O) groups excluding carboxylic acids is 2. The topological polar surface area (TPSA) is 58.6 Å². The van der Waals surface area contributed by atoms with Crippen LogP contribution in [0.1, 0.15) is 39.5 Å². The Balaban J connectivity index is 1.68. The molecule has 1 atom stereocenters. The molecule has 0 radical (unpaired) electrons. The number of hydrogen-bond donors (Lipinski definition) is 1. The van der Waals surface area contributed by atoms with E-state index < -0.39 is 0 Å². The molecule has 20 heavy (non-hydrogen) atoms. The third-order valence-corrected chi connectivity index (χ3v) is 4.35. The molecule has 5 heteroatoms. The molecule has 2 rings (SSSR count). The fourth-order valence-electron chi connectivity index (χ4n) is 2.99. The monoisotopic (exact) mass is 282 g/mol. The molecule has 0 aromatic carbocycles. The summed E-state index contributed by atoms with van der Waals surface area (Å²) >= 11 is 0. The normalized spacial score (nSPS) is 24.4.